The van der Waals surface area contributed by atoms with E-state index in [9.17, 15) is 18.4 Å². The number of nitrogens with one attached hydrogen (secondary N) is 2. The molecule has 0 bridgehead atoms. The van der Waals surface area contributed by atoms with Crippen LogP contribution in [0.2, 0.25) is 0 Å². The monoisotopic (exact) mass is 402 g/mol. The van der Waals surface area contributed by atoms with Crippen molar-refractivity contribution in [3.05, 3.63) is 35.8 Å². The minimum atomic E-state index is -4.52. The summed E-state index contributed by atoms with van der Waals surface area (Å²) in [5, 5.41) is 12.8. The molecular weight excluding hydrogens is 385 g/mol. The van der Waals surface area contributed by atoms with E-state index in [1.54, 1.807) is 0 Å². The third-order valence-electron chi connectivity index (χ3n) is 4.91. The Hall–Kier alpha value is -3.19. The number of ether oxygens (including phenoxy) is 1. The van der Waals surface area contributed by atoms with E-state index < -0.39 is 11.7 Å². The first kappa shape index (κ1) is 19.1. The van der Waals surface area contributed by atoms with Crippen LogP contribution >= 0.6 is 0 Å². The minimum Gasteiger partial charge on any atom is -0.381 e. The number of H-pyrrole nitrogens is 1. The third kappa shape index (κ3) is 4.00. The lowest BCUT2D eigenvalue weighted by Gasteiger charge is -2.22. The lowest BCUT2D eigenvalue weighted by atomic mass is 10.0. The molecule has 10 heteroatoms. The van der Waals surface area contributed by atoms with Gasteiger partial charge in [-0.05, 0) is 24.8 Å². The average Bonchev–Trinajstić information content (AvgIpc) is 3.15. The summed E-state index contributed by atoms with van der Waals surface area (Å²) in [5.41, 5.74) is 0.208. The first-order chi connectivity index (χ1) is 14.0. The largest absolute Gasteiger partial charge is 0.417 e. The highest BCUT2D eigenvalue weighted by molar-refractivity contribution is 5.94. The quantitative estimate of drug-likeness (QED) is 0.690. The van der Waals surface area contributed by atoms with E-state index >= 15 is 0 Å². The SMILES string of the molecule is N#Cc1cnc(NCC2CCOCC2)nc1-c1c[nH]c2ncc(C(F)(F)F)cc12. The Bertz CT molecular complexity index is 1070. The topological polar surface area (TPSA) is 99.5 Å². The van der Waals surface area contributed by atoms with Crippen molar-refractivity contribution in [2.24, 2.45) is 5.92 Å². The van der Waals surface area contributed by atoms with Crippen molar-refractivity contribution >= 4 is 17.0 Å². The lowest BCUT2D eigenvalue weighted by Crippen LogP contribution is -2.23. The van der Waals surface area contributed by atoms with Gasteiger partial charge in [-0.3, -0.25) is 0 Å². The number of nitriles is 1. The van der Waals surface area contributed by atoms with Crippen molar-refractivity contribution in [3.63, 3.8) is 0 Å². The molecule has 1 aliphatic heterocycles. The molecule has 4 heterocycles. The summed E-state index contributed by atoms with van der Waals surface area (Å²) < 4.78 is 44.6. The number of alkyl halides is 3. The fourth-order valence-corrected chi connectivity index (χ4v) is 3.29. The van der Waals surface area contributed by atoms with Gasteiger partial charge in [0.2, 0.25) is 5.95 Å². The number of nitrogens with zero attached hydrogens (tertiary/aromatic N) is 4. The highest BCUT2D eigenvalue weighted by atomic mass is 19.4. The standard InChI is InChI=1S/C19H17F3N6O/c20-19(21,22)13-5-14-15(10-25-17(14)24-9-13)16-12(6-23)8-27-18(28-16)26-7-11-1-3-29-4-2-11/h5,8-11H,1-4,7H2,(H,24,25)(H,26,27,28). The van der Waals surface area contributed by atoms with E-state index in [0.29, 0.717) is 24.0 Å². The normalized spacial score (nSPS) is 15.4. The molecule has 0 aliphatic carbocycles. The number of pyridine rings is 1. The van der Waals surface area contributed by atoms with Crippen LogP contribution in [0, 0.1) is 17.2 Å². The molecule has 4 rings (SSSR count). The van der Waals surface area contributed by atoms with Crippen molar-refractivity contribution in [3.8, 4) is 17.3 Å². The van der Waals surface area contributed by atoms with Crippen molar-refractivity contribution < 1.29 is 17.9 Å². The summed E-state index contributed by atoms with van der Waals surface area (Å²) in [6.45, 7) is 2.09. The van der Waals surface area contributed by atoms with Crippen LogP contribution in [-0.2, 0) is 10.9 Å². The van der Waals surface area contributed by atoms with E-state index in [0.717, 1.165) is 38.3 Å². The Morgan fingerprint density at radius 2 is 2.03 bits per heavy atom. The van der Waals surface area contributed by atoms with Gasteiger partial charge in [0.1, 0.15) is 11.7 Å². The van der Waals surface area contributed by atoms with Gasteiger partial charge in [0, 0.05) is 43.1 Å². The van der Waals surface area contributed by atoms with Crippen LogP contribution in [0.3, 0.4) is 0 Å². The van der Waals surface area contributed by atoms with E-state index in [4.69, 9.17) is 4.74 Å². The maximum Gasteiger partial charge on any atom is 0.417 e. The third-order valence-corrected chi connectivity index (χ3v) is 4.91. The average molecular weight is 402 g/mol. The second kappa shape index (κ2) is 7.67. The second-order valence-electron chi connectivity index (χ2n) is 6.82. The molecule has 0 unspecified atom stereocenters. The molecule has 3 aromatic heterocycles. The van der Waals surface area contributed by atoms with Crippen LogP contribution < -0.4 is 5.32 Å². The molecule has 0 saturated carbocycles. The Morgan fingerprint density at radius 1 is 1.24 bits per heavy atom. The highest BCUT2D eigenvalue weighted by Crippen LogP contribution is 2.34. The summed E-state index contributed by atoms with van der Waals surface area (Å²) >= 11 is 0. The van der Waals surface area contributed by atoms with Gasteiger partial charge in [0.15, 0.2) is 0 Å². The molecule has 1 aliphatic rings. The van der Waals surface area contributed by atoms with Gasteiger partial charge in [-0.1, -0.05) is 0 Å². The maximum absolute atomic E-state index is 13.1. The van der Waals surface area contributed by atoms with Crippen LogP contribution in [-0.4, -0.2) is 39.7 Å². The van der Waals surface area contributed by atoms with E-state index in [2.05, 4.69) is 25.3 Å². The molecule has 2 N–H and O–H groups in total. The molecule has 0 radical (unpaired) electrons. The predicted octanol–water partition coefficient (Wildman–Crippen LogP) is 3.75. The van der Waals surface area contributed by atoms with Gasteiger partial charge in [-0.25, -0.2) is 15.0 Å². The van der Waals surface area contributed by atoms with Crippen LogP contribution in [0.15, 0.2) is 24.7 Å². The van der Waals surface area contributed by atoms with Crippen LogP contribution in [0.25, 0.3) is 22.3 Å². The Morgan fingerprint density at radius 3 is 2.76 bits per heavy atom. The van der Waals surface area contributed by atoms with Gasteiger partial charge in [-0.15, -0.1) is 0 Å². The zero-order valence-electron chi connectivity index (χ0n) is 15.3. The molecule has 0 atom stereocenters. The Balaban J connectivity index is 1.69. The van der Waals surface area contributed by atoms with Gasteiger partial charge in [-0.2, -0.15) is 18.4 Å². The van der Waals surface area contributed by atoms with Crippen molar-refractivity contribution in [2.45, 2.75) is 19.0 Å². The summed E-state index contributed by atoms with van der Waals surface area (Å²) in [5.74, 6) is 0.748. The van der Waals surface area contributed by atoms with E-state index in [1.165, 1.54) is 12.4 Å². The number of fused-ring (bicyclic) bond motifs is 1. The number of halogens is 3. The zero-order chi connectivity index (χ0) is 20.4. The molecule has 7 nitrogen and oxygen atoms in total. The fourth-order valence-electron chi connectivity index (χ4n) is 3.29. The number of rotatable bonds is 4. The number of anilines is 1. The Kier molecular flexibility index (Phi) is 5.07. The summed E-state index contributed by atoms with van der Waals surface area (Å²) in [6, 6.07) is 3.01. The molecule has 0 aromatic carbocycles. The van der Waals surface area contributed by atoms with Gasteiger partial charge in [0.05, 0.1) is 23.0 Å². The first-order valence-electron chi connectivity index (χ1n) is 9.09. The molecule has 0 spiro atoms. The molecular formula is C19H17F3N6O. The number of hydrogen-bond acceptors (Lipinski definition) is 6. The summed E-state index contributed by atoms with van der Waals surface area (Å²) in [7, 11) is 0. The summed E-state index contributed by atoms with van der Waals surface area (Å²) in [4.78, 5) is 15.2. The maximum atomic E-state index is 13.1. The zero-order valence-corrected chi connectivity index (χ0v) is 15.3. The van der Waals surface area contributed by atoms with Crippen molar-refractivity contribution in [2.75, 3.05) is 25.1 Å². The second-order valence-corrected chi connectivity index (χ2v) is 6.82. The number of hydrogen-bond donors (Lipinski definition) is 2. The summed E-state index contributed by atoms with van der Waals surface area (Å²) in [6.07, 6.45) is 0.997. The smallest absolute Gasteiger partial charge is 0.381 e. The van der Waals surface area contributed by atoms with Gasteiger partial charge in [0.25, 0.3) is 0 Å². The molecule has 1 fully saturated rings. The molecule has 29 heavy (non-hydrogen) atoms. The fraction of sp³-hybridized carbons (Fsp3) is 0.368. The van der Waals surface area contributed by atoms with Crippen molar-refractivity contribution in [1.29, 1.82) is 5.26 Å². The Labute approximate surface area is 164 Å². The predicted molar refractivity (Wildman–Crippen MR) is 98.9 cm³/mol. The number of aromatic amines is 1. The van der Waals surface area contributed by atoms with Crippen LogP contribution in [0.5, 0.6) is 0 Å². The van der Waals surface area contributed by atoms with E-state index in [1.807, 2.05) is 6.07 Å². The number of aromatic nitrogens is 4. The first-order valence-corrected chi connectivity index (χ1v) is 9.09. The van der Waals surface area contributed by atoms with Gasteiger partial charge < -0.3 is 15.0 Å². The van der Waals surface area contributed by atoms with Crippen molar-refractivity contribution in [1.82, 2.24) is 19.9 Å². The molecule has 150 valence electrons. The molecule has 1 saturated heterocycles. The van der Waals surface area contributed by atoms with Crippen LogP contribution in [0.4, 0.5) is 19.1 Å². The van der Waals surface area contributed by atoms with Crippen LogP contribution in [0.1, 0.15) is 24.0 Å². The molecule has 0 amide bonds. The minimum absolute atomic E-state index is 0.167. The van der Waals surface area contributed by atoms with Gasteiger partial charge >= 0.3 is 6.18 Å². The van der Waals surface area contributed by atoms with E-state index in [-0.39, 0.29) is 22.3 Å². The highest BCUT2D eigenvalue weighted by Gasteiger charge is 2.31. The lowest BCUT2D eigenvalue weighted by molar-refractivity contribution is -0.137. The molecule has 3 aromatic rings.